The van der Waals surface area contributed by atoms with Gasteiger partial charge in [0, 0.05) is 23.9 Å². The van der Waals surface area contributed by atoms with E-state index >= 15 is 0 Å². The van der Waals surface area contributed by atoms with Crippen molar-refractivity contribution in [1.29, 1.82) is 0 Å². The fraction of sp³-hybridized carbons (Fsp3) is 0.357. The predicted molar refractivity (Wildman–Crippen MR) is 67.4 cm³/mol. The van der Waals surface area contributed by atoms with Crippen LogP contribution in [-0.2, 0) is 0 Å². The molecule has 0 bridgehead atoms. The maximum absolute atomic E-state index is 11.9. The van der Waals surface area contributed by atoms with Crippen LogP contribution in [0.25, 0.3) is 0 Å². The van der Waals surface area contributed by atoms with Gasteiger partial charge in [-0.05, 0) is 12.8 Å². The van der Waals surface area contributed by atoms with Crippen molar-refractivity contribution in [2.75, 3.05) is 6.54 Å². The maximum atomic E-state index is 11.9. The Labute approximate surface area is 97.4 Å². The quantitative estimate of drug-likeness (QED) is 0.606. The Kier molecular flexibility index (Phi) is 4.77. The molecule has 0 saturated carbocycles. The molecule has 86 valence electrons. The van der Waals surface area contributed by atoms with Gasteiger partial charge < -0.3 is 5.32 Å². The second-order valence-corrected chi connectivity index (χ2v) is 4.32. The molecule has 0 amide bonds. The van der Waals surface area contributed by atoms with Crippen LogP contribution in [0.3, 0.4) is 0 Å². The van der Waals surface area contributed by atoms with Crippen LogP contribution in [0.5, 0.6) is 0 Å². The van der Waals surface area contributed by atoms with Crippen LogP contribution in [0, 0.1) is 5.92 Å². The van der Waals surface area contributed by atoms with Gasteiger partial charge in [0.15, 0.2) is 5.78 Å². The minimum absolute atomic E-state index is 0.0804. The summed E-state index contributed by atoms with van der Waals surface area (Å²) in [6.07, 6.45) is 1.80. The van der Waals surface area contributed by atoms with Crippen molar-refractivity contribution >= 4 is 5.78 Å². The van der Waals surface area contributed by atoms with Crippen molar-refractivity contribution in [2.45, 2.75) is 20.8 Å². The first-order valence-electron chi connectivity index (χ1n) is 5.61. The van der Waals surface area contributed by atoms with E-state index in [0.29, 0.717) is 5.92 Å². The fourth-order valence-corrected chi connectivity index (χ4v) is 1.33. The first-order chi connectivity index (χ1) is 7.61. The van der Waals surface area contributed by atoms with Gasteiger partial charge >= 0.3 is 0 Å². The number of carbonyl (C=O) groups excluding carboxylic acids is 1. The molecule has 2 nitrogen and oxygen atoms in total. The highest BCUT2D eigenvalue weighted by Crippen LogP contribution is 2.06. The zero-order valence-electron chi connectivity index (χ0n) is 10.2. The van der Waals surface area contributed by atoms with Crippen LogP contribution in [0.1, 0.15) is 31.1 Å². The van der Waals surface area contributed by atoms with Crippen LogP contribution in [0.15, 0.2) is 42.1 Å². The number of Topliss-reactive ketones (excluding diaryl/α,β-unsaturated/α-hetero) is 1. The molecule has 2 heteroatoms. The van der Waals surface area contributed by atoms with Gasteiger partial charge in [0.25, 0.3) is 0 Å². The lowest BCUT2D eigenvalue weighted by atomic mass is 10.1. The second-order valence-electron chi connectivity index (χ2n) is 4.32. The number of rotatable bonds is 5. The normalized spacial score (nSPS) is 11.6. The van der Waals surface area contributed by atoms with Crippen molar-refractivity contribution in [2.24, 2.45) is 5.92 Å². The van der Waals surface area contributed by atoms with Crippen LogP contribution in [0.4, 0.5) is 0 Å². The number of ketones is 1. The Morgan fingerprint density at radius 2 is 1.94 bits per heavy atom. The highest BCUT2D eigenvalue weighted by molar-refractivity contribution is 6.08. The molecule has 1 rings (SSSR count). The smallest absolute Gasteiger partial charge is 0.190 e. The third-order valence-corrected chi connectivity index (χ3v) is 2.24. The van der Waals surface area contributed by atoms with Gasteiger partial charge in [-0.25, -0.2) is 0 Å². The minimum atomic E-state index is 0.0804. The Hall–Kier alpha value is -1.57. The Morgan fingerprint density at radius 3 is 2.50 bits per heavy atom. The molecule has 0 radical (unpaired) electrons. The monoisotopic (exact) mass is 217 g/mol. The summed E-state index contributed by atoms with van der Waals surface area (Å²) in [5.41, 5.74) is 1.48. The Balaban J connectivity index is 2.61. The molecule has 0 aliphatic carbocycles. The molecule has 0 saturated heterocycles. The van der Waals surface area contributed by atoms with E-state index in [-0.39, 0.29) is 5.78 Å². The fourth-order valence-electron chi connectivity index (χ4n) is 1.33. The lowest BCUT2D eigenvalue weighted by Gasteiger charge is -2.05. The molecular weight excluding hydrogens is 198 g/mol. The minimum Gasteiger partial charge on any atom is -0.390 e. The van der Waals surface area contributed by atoms with E-state index in [9.17, 15) is 4.79 Å². The van der Waals surface area contributed by atoms with Crippen molar-refractivity contribution in [1.82, 2.24) is 5.32 Å². The Morgan fingerprint density at radius 1 is 1.31 bits per heavy atom. The first-order valence-corrected chi connectivity index (χ1v) is 5.61. The average Bonchev–Trinajstić information content (AvgIpc) is 2.28. The number of hydrogen-bond donors (Lipinski definition) is 1. The molecule has 0 spiro atoms. The summed E-state index contributed by atoms with van der Waals surface area (Å²) in [7, 11) is 0. The maximum Gasteiger partial charge on any atom is 0.190 e. The van der Waals surface area contributed by atoms with E-state index in [4.69, 9.17) is 0 Å². The Bertz CT molecular complexity index is 366. The van der Waals surface area contributed by atoms with Crippen LogP contribution in [-0.4, -0.2) is 12.3 Å². The van der Waals surface area contributed by atoms with Gasteiger partial charge in [0.2, 0.25) is 0 Å². The number of hydrogen-bond acceptors (Lipinski definition) is 2. The SMILES string of the molecule is C/C(=C\NCC(C)C)C(=O)c1ccccc1. The van der Waals surface area contributed by atoms with E-state index in [0.717, 1.165) is 17.7 Å². The molecule has 0 aliphatic heterocycles. The van der Waals surface area contributed by atoms with E-state index in [1.54, 1.807) is 6.20 Å². The molecule has 16 heavy (non-hydrogen) atoms. The number of benzene rings is 1. The number of nitrogens with one attached hydrogen (secondary N) is 1. The summed E-state index contributed by atoms with van der Waals surface area (Å²) < 4.78 is 0. The summed E-state index contributed by atoms with van der Waals surface area (Å²) in [5.74, 6) is 0.660. The zero-order chi connectivity index (χ0) is 12.0. The summed E-state index contributed by atoms with van der Waals surface area (Å²) in [6, 6.07) is 9.33. The van der Waals surface area contributed by atoms with Gasteiger partial charge in [-0.3, -0.25) is 4.79 Å². The summed E-state index contributed by atoms with van der Waals surface area (Å²) >= 11 is 0. The molecule has 0 heterocycles. The van der Waals surface area contributed by atoms with Crippen molar-refractivity contribution in [3.63, 3.8) is 0 Å². The van der Waals surface area contributed by atoms with E-state index in [2.05, 4.69) is 19.2 Å². The van der Waals surface area contributed by atoms with Crippen LogP contribution >= 0.6 is 0 Å². The lowest BCUT2D eigenvalue weighted by Crippen LogP contribution is -2.15. The molecule has 0 fully saturated rings. The third kappa shape index (κ3) is 3.89. The standard InChI is InChI=1S/C14H19NO/c1-11(2)9-15-10-12(3)14(16)13-7-5-4-6-8-13/h4-8,10-11,15H,9H2,1-3H3/b12-10+. The summed E-state index contributed by atoms with van der Waals surface area (Å²) in [5, 5.41) is 3.15. The van der Waals surface area contributed by atoms with Crippen molar-refractivity contribution in [3.8, 4) is 0 Å². The molecule has 0 aliphatic rings. The van der Waals surface area contributed by atoms with Gasteiger partial charge in [-0.1, -0.05) is 44.2 Å². The molecular formula is C14H19NO. The molecule has 0 aromatic heterocycles. The van der Waals surface area contributed by atoms with E-state index in [1.807, 2.05) is 37.3 Å². The van der Waals surface area contributed by atoms with E-state index < -0.39 is 0 Å². The average molecular weight is 217 g/mol. The van der Waals surface area contributed by atoms with Gasteiger partial charge in [0.05, 0.1) is 0 Å². The molecule has 0 atom stereocenters. The first kappa shape index (κ1) is 12.5. The molecule has 0 unspecified atom stereocenters. The molecule has 1 aromatic carbocycles. The van der Waals surface area contributed by atoms with Crippen molar-refractivity contribution in [3.05, 3.63) is 47.7 Å². The highest BCUT2D eigenvalue weighted by atomic mass is 16.1. The van der Waals surface area contributed by atoms with Gasteiger partial charge in [0.1, 0.15) is 0 Å². The number of allylic oxidation sites excluding steroid dienone is 1. The topological polar surface area (TPSA) is 29.1 Å². The molecule has 1 aromatic rings. The van der Waals surface area contributed by atoms with Crippen LogP contribution in [0.2, 0.25) is 0 Å². The van der Waals surface area contributed by atoms with Crippen LogP contribution < -0.4 is 5.32 Å². The second kappa shape index (κ2) is 6.11. The summed E-state index contributed by atoms with van der Waals surface area (Å²) in [4.78, 5) is 11.9. The van der Waals surface area contributed by atoms with Gasteiger partial charge in [-0.15, -0.1) is 0 Å². The summed E-state index contributed by atoms with van der Waals surface area (Å²) in [6.45, 7) is 6.99. The number of carbonyl (C=O) groups is 1. The zero-order valence-corrected chi connectivity index (χ0v) is 10.2. The predicted octanol–water partition coefficient (Wildman–Crippen LogP) is 3.02. The van der Waals surface area contributed by atoms with Gasteiger partial charge in [-0.2, -0.15) is 0 Å². The largest absolute Gasteiger partial charge is 0.390 e. The van der Waals surface area contributed by atoms with E-state index in [1.165, 1.54) is 0 Å². The highest BCUT2D eigenvalue weighted by Gasteiger charge is 2.06. The molecule has 1 N–H and O–H groups in total. The third-order valence-electron chi connectivity index (χ3n) is 2.24. The lowest BCUT2D eigenvalue weighted by molar-refractivity contribution is 0.103. The van der Waals surface area contributed by atoms with Crippen molar-refractivity contribution < 1.29 is 4.79 Å².